The van der Waals surface area contributed by atoms with E-state index in [1.54, 1.807) is 0 Å². The van der Waals surface area contributed by atoms with Crippen LogP contribution in [0.25, 0.3) is 0 Å². The number of allylic oxidation sites excluding steroid dienone is 4. The Labute approximate surface area is 359 Å². The van der Waals surface area contributed by atoms with Crippen LogP contribution in [0.1, 0.15) is 206 Å². The van der Waals surface area contributed by atoms with Crippen molar-refractivity contribution in [3.8, 4) is 0 Å². The first kappa shape index (κ1) is 55.6. The molecule has 1 amide bonds. The molecule has 0 radical (unpaired) electrons. The predicted octanol–water partition coefficient (Wildman–Crippen LogP) is 8.23. The van der Waals surface area contributed by atoms with Crippen molar-refractivity contribution in [3.63, 3.8) is 0 Å². The molecular weight excluding hydrogens is 751 g/mol. The van der Waals surface area contributed by atoms with E-state index in [9.17, 15) is 40.5 Å². The van der Waals surface area contributed by atoms with Crippen LogP contribution in [0.3, 0.4) is 0 Å². The third-order valence-corrected chi connectivity index (χ3v) is 11.8. The molecule has 59 heavy (non-hydrogen) atoms. The van der Waals surface area contributed by atoms with Gasteiger partial charge < -0.3 is 50.5 Å². The molecule has 1 aliphatic heterocycles. The van der Waals surface area contributed by atoms with Crippen LogP contribution in [0, 0.1) is 0 Å². The second-order valence-corrected chi connectivity index (χ2v) is 17.2. The van der Waals surface area contributed by atoms with Crippen molar-refractivity contribution in [2.24, 2.45) is 0 Å². The van der Waals surface area contributed by atoms with Gasteiger partial charge in [0.1, 0.15) is 36.6 Å². The maximum absolute atomic E-state index is 13.0. The minimum Gasteiger partial charge on any atom is -0.394 e. The summed E-state index contributed by atoms with van der Waals surface area (Å²) in [6.07, 6.45) is 31.4. The highest BCUT2D eigenvalue weighted by Crippen LogP contribution is 2.23. The highest BCUT2D eigenvalue weighted by atomic mass is 16.7. The van der Waals surface area contributed by atoms with Crippen molar-refractivity contribution in [2.75, 3.05) is 13.2 Å². The largest absolute Gasteiger partial charge is 0.394 e. The van der Waals surface area contributed by atoms with Crippen LogP contribution in [0.15, 0.2) is 24.3 Å². The summed E-state index contributed by atoms with van der Waals surface area (Å²) in [5.41, 5.74) is 0. The van der Waals surface area contributed by atoms with Crippen molar-refractivity contribution in [3.05, 3.63) is 24.3 Å². The molecule has 8 N–H and O–H groups in total. The molecule has 9 atom stereocenters. The van der Waals surface area contributed by atoms with E-state index < -0.39 is 74.2 Å². The number of rotatable bonds is 40. The van der Waals surface area contributed by atoms with Gasteiger partial charge in [0.25, 0.3) is 0 Å². The van der Waals surface area contributed by atoms with E-state index in [1.807, 2.05) is 0 Å². The third-order valence-electron chi connectivity index (χ3n) is 11.8. The normalized spacial score (nSPS) is 21.9. The summed E-state index contributed by atoms with van der Waals surface area (Å²) >= 11 is 0. The molecule has 0 aliphatic carbocycles. The highest BCUT2D eigenvalue weighted by Gasteiger charge is 2.44. The average molecular weight is 842 g/mol. The van der Waals surface area contributed by atoms with Gasteiger partial charge in [0.2, 0.25) is 5.91 Å². The van der Waals surface area contributed by atoms with E-state index in [0.717, 1.165) is 64.2 Å². The second kappa shape index (κ2) is 38.3. The summed E-state index contributed by atoms with van der Waals surface area (Å²) < 4.78 is 11.0. The van der Waals surface area contributed by atoms with Crippen LogP contribution in [0.5, 0.6) is 0 Å². The van der Waals surface area contributed by atoms with E-state index in [4.69, 9.17) is 9.47 Å². The van der Waals surface area contributed by atoms with Gasteiger partial charge in [-0.3, -0.25) is 4.79 Å². The first-order valence-electron chi connectivity index (χ1n) is 24.2. The van der Waals surface area contributed by atoms with Gasteiger partial charge in [-0.25, -0.2) is 0 Å². The number of unbranched alkanes of at least 4 members (excludes halogenated alkanes) is 24. The fraction of sp³-hybridized carbons (Fsp3) is 0.896. The van der Waals surface area contributed by atoms with Crippen molar-refractivity contribution in [2.45, 2.75) is 262 Å². The van der Waals surface area contributed by atoms with Gasteiger partial charge in [-0.15, -0.1) is 0 Å². The van der Waals surface area contributed by atoms with Crippen molar-refractivity contribution < 1.29 is 50.0 Å². The minimum atomic E-state index is -1.66. The van der Waals surface area contributed by atoms with Gasteiger partial charge in [0.05, 0.1) is 25.4 Å². The Kier molecular flexibility index (Phi) is 36.1. The van der Waals surface area contributed by atoms with E-state index in [-0.39, 0.29) is 6.42 Å². The van der Waals surface area contributed by atoms with E-state index in [2.05, 4.69) is 43.5 Å². The van der Waals surface area contributed by atoms with E-state index in [1.165, 1.54) is 103 Å². The number of hydrogen-bond acceptors (Lipinski definition) is 10. The molecule has 0 spiro atoms. The Hall–Kier alpha value is -1.41. The minimum absolute atomic E-state index is 0.257. The van der Waals surface area contributed by atoms with Crippen LogP contribution in [0.4, 0.5) is 0 Å². The Bertz CT molecular complexity index is 1010. The topological polar surface area (TPSA) is 189 Å². The summed E-state index contributed by atoms with van der Waals surface area (Å²) in [4.78, 5) is 13.0. The number of ether oxygens (including phenoxy) is 2. The van der Waals surface area contributed by atoms with Gasteiger partial charge in [-0.1, -0.05) is 186 Å². The van der Waals surface area contributed by atoms with Crippen molar-refractivity contribution >= 4 is 5.91 Å². The lowest BCUT2D eigenvalue weighted by Crippen LogP contribution is -2.60. The first-order valence-corrected chi connectivity index (χ1v) is 24.2. The maximum Gasteiger partial charge on any atom is 0.249 e. The monoisotopic (exact) mass is 842 g/mol. The Balaban J connectivity index is 2.24. The predicted molar refractivity (Wildman–Crippen MR) is 238 cm³/mol. The van der Waals surface area contributed by atoms with Gasteiger partial charge >= 0.3 is 0 Å². The lowest BCUT2D eigenvalue weighted by Gasteiger charge is -2.40. The maximum atomic E-state index is 13.0. The number of nitrogens with one attached hydrogen (secondary N) is 1. The third kappa shape index (κ3) is 28.0. The van der Waals surface area contributed by atoms with Crippen LogP contribution in [0.2, 0.25) is 0 Å². The molecule has 0 aromatic carbocycles. The summed E-state index contributed by atoms with van der Waals surface area (Å²) in [5, 5.41) is 75.2. The van der Waals surface area contributed by atoms with Crippen LogP contribution >= 0.6 is 0 Å². The molecule has 11 nitrogen and oxygen atoms in total. The van der Waals surface area contributed by atoms with Crippen molar-refractivity contribution in [1.82, 2.24) is 5.32 Å². The highest BCUT2D eigenvalue weighted by molar-refractivity contribution is 5.80. The molecule has 1 saturated heterocycles. The Morgan fingerprint density at radius 2 is 1.03 bits per heavy atom. The zero-order valence-corrected chi connectivity index (χ0v) is 37.5. The number of carbonyl (C=O) groups is 1. The fourth-order valence-corrected chi connectivity index (χ4v) is 7.71. The van der Waals surface area contributed by atoms with E-state index >= 15 is 0 Å². The lowest BCUT2D eigenvalue weighted by molar-refractivity contribution is -0.303. The van der Waals surface area contributed by atoms with Gasteiger partial charge in [-0.05, 0) is 44.9 Å². The summed E-state index contributed by atoms with van der Waals surface area (Å²) in [7, 11) is 0. The van der Waals surface area contributed by atoms with Gasteiger partial charge in [-0.2, -0.15) is 0 Å². The molecule has 0 bridgehead atoms. The molecule has 1 fully saturated rings. The van der Waals surface area contributed by atoms with Crippen LogP contribution in [-0.4, -0.2) is 110 Å². The Morgan fingerprint density at radius 3 is 1.51 bits per heavy atom. The number of aliphatic hydroxyl groups is 7. The van der Waals surface area contributed by atoms with Gasteiger partial charge in [0.15, 0.2) is 6.29 Å². The molecule has 348 valence electrons. The Morgan fingerprint density at radius 1 is 0.593 bits per heavy atom. The second-order valence-electron chi connectivity index (χ2n) is 17.2. The molecule has 1 rings (SSSR count). The molecule has 0 saturated carbocycles. The summed E-state index contributed by atoms with van der Waals surface area (Å²) in [5.74, 6) is -0.704. The van der Waals surface area contributed by atoms with Crippen molar-refractivity contribution in [1.29, 1.82) is 0 Å². The SMILES string of the molecule is CCCCCCCCCCC/C=C\C/C=C\CCCCCCCCCCCCC(O)C(=O)NC(COC1OC(CO)C(O)C(O)C1O)C(O)C(O)CCCCCCCC. The standard InChI is InChI=1S/C48H91NO10/c1-3-5-7-9-11-12-13-14-15-16-17-18-19-20-21-22-23-24-25-26-27-28-29-30-32-34-36-41(52)47(57)49-39(43(53)40(51)35-33-31-10-8-6-4-2)38-58-48-46(56)45(55)44(54)42(37-50)59-48/h17-18,20-21,39-46,48,50-56H,3-16,19,22-38H2,1-2H3,(H,49,57)/b18-17-,21-20-. The lowest BCUT2D eigenvalue weighted by atomic mass is 9.98. The molecule has 0 aromatic rings. The number of hydrogen-bond donors (Lipinski definition) is 8. The molecule has 9 unspecified atom stereocenters. The molecule has 0 aromatic heterocycles. The molecular formula is C48H91NO10. The van der Waals surface area contributed by atoms with Crippen LogP contribution in [-0.2, 0) is 14.3 Å². The average Bonchev–Trinajstić information content (AvgIpc) is 3.23. The zero-order chi connectivity index (χ0) is 43.4. The van der Waals surface area contributed by atoms with Crippen LogP contribution < -0.4 is 5.32 Å². The van der Waals surface area contributed by atoms with E-state index in [0.29, 0.717) is 19.3 Å². The molecule has 1 heterocycles. The number of amides is 1. The zero-order valence-electron chi connectivity index (χ0n) is 37.5. The fourth-order valence-electron chi connectivity index (χ4n) is 7.71. The smallest absolute Gasteiger partial charge is 0.249 e. The molecule has 11 heteroatoms. The first-order chi connectivity index (χ1) is 28.7. The summed E-state index contributed by atoms with van der Waals surface area (Å²) in [6.45, 7) is 3.35. The molecule has 1 aliphatic rings. The number of aliphatic hydroxyl groups excluding tert-OH is 7. The summed E-state index contributed by atoms with van der Waals surface area (Å²) in [6, 6.07) is -1.16. The number of carbonyl (C=O) groups excluding carboxylic acids is 1. The van der Waals surface area contributed by atoms with Gasteiger partial charge in [0, 0.05) is 0 Å². The quantitative estimate of drug-likeness (QED) is 0.0221.